The molecule has 0 spiro atoms. The van der Waals surface area contributed by atoms with E-state index in [2.05, 4.69) is 54.0 Å². The lowest BCUT2D eigenvalue weighted by molar-refractivity contribution is 0.304. The van der Waals surface area contributed by atoms with Gasteiger partial charge in [-0.25, -0.2) is 9.98 Å². The van der Waals surface area contributed by atoms with E-state index in [9.17, 15) is 0 Å². The molecule has 0 saturated heterocycles. The topological polar surface area (TPSA) is 39.4 Å². The molecule has 1 heterocycles. The van der Waals surface area contributed by atoms with Crippen molar-refractivity contribution in [1.82, 2.24) is 9.55 Å². The average Bonchev–Trinajstić information content (AvgIpc) is 3.25. The van der Waals surface area contributed by atoms with Crippen LogP contribution >= 0.6 is 0 Å². The highest BCUT2D eigenvalue weighted by molar-refractivity contribution is 5.84. The Morgan fingerprint density at radius 1 is 0.771 bits per heavy atom. The van der Waals surface area contributed by atoms with E-state index >= 15 is 0 Å². The van der Waals surface area contributed by atoms with Crippen LogP contribution in [0.1, 0.15) is 69.4 Å². The zero-order valence-corrected chi connectivity index (χ0v) is 20.9. The minimum absolute atomic E-state index is 0.713. The summed E-state index contributed by atoms with van der Waals surface area (Å²) in [7, 11) is 0. The fraction of sp³-hybridized carbons (Fsp3) is 0.355. The molecule has 35 heavy (non-hydrogen) atoms. The van der Waals surface area contributed by atoms with Gasteiger partial charge in [0.2, 0.25) is 5.95 Å². The average molecular weight is 468 g/mol. The zero-order valence-electron chi connectivity index (χ0n) is 20.9. The van der Waals surface area contributed by atoms with E-state index < -0.39 is 0 Å². The first kappa shape index (κ1) is 24.7. The summed E-state index contributed by atoms with van der Waals surface area (Å²) in [4.78, 5) is 9.52. The fourth-order valence-corrected chi connectivity index (χ4v) is 4.29. The molecule has 0 bridgehead atoms. The lowest BCUT2D eigenvalue weighted by atomic mass is 10.1. The molecular formula is C31H37N3O. The van der Waals surface area contributed by atoms with Crippen LogP contribution in [0.3, 0.4) is 0 Å². The maximum Gasteiger partial charge on any atom is 0.230 e. The van der Waals surface area contributed by atoms with Crippen LogP contribution < -0.4 is 4.74 Å². The number of aliphatic imine (C=N–C) groups is 1. The van der Waals surface area contributed by atoms with Crippen LogP contribution in [0.25, 0.3) is 11.0 Å². The molecule has 1 aromatic heterocycles. The van der Waals surface area contributed by atoms with Crippen LogP contribution in [-0.4, -0.2) is 22.4 Å². The highest BCUT2D eigenvalue weighted by Gasteiger charge is 2.09. The van der Waals surface area contributed by atoms with E-state index in [1.54, 1.807) is 0 Å². The molecule has 4 aromatic rings. The van der Waals surface area contributed by atoms with Gasteiger partial charge in [0.15, 0.2) is 0 Å². The molecule has 3 aromatic carbocycles. The molecule has 4 rings (SSSR count). The second kappa shape index (κ2) is 13.5. The molecule has 0 aliphatic rings. The van der Waals surface area contributed by atoms with Gasteiger partial charge >= 0.3 is 0 Å². The number of aromatic nitrogens is 2. The molecule has 0 radical (unpaired) electrons. The van der Waals surface area contributed by atoms with Crippen molar-refractivity contribution in [3.63, 3.8) is 0 Å². The van der Waals surface area contributed by atoms with Crippen molar-refractivity contribution < 1.29 is 4.74 Å². The fourth-order valence-electron chi connectivity index (χ4n) is 4.29. The van der Waals surface area contributed by atoms with Crippen LogP contribution in [-0.2, 0) is 6.54 Å². The molecule has 4 heteroatoms. The highest BCUT2D eigenvalue weighted by atomic mass is 16.5. The van der Waals surface area contributed by atoms with Gasteiger partial charge in [0.05, 0.1) is 24.2 Å². The molecule has 0 N–H and O–H groups in total. The Bertz CT molecular complexity index is 1180. The number of unbranched alkanes of at least 4 members (excludes halogenated alkanes) is 7. The Balaban J connectivity index is 1.31. The number of benzene rings is 3. The Morgan fingerprint density at radius 3 is 2.23 bits per heavy atom. The summed E-state index contributed by atoms with van der Waals surface area (Å²) in [5.74, 6) is 1.63. The van der Waals surface area contributed by atoms with E-state index in [4.69, 9.17) is 14.7 Å². The lowest BCUT2D eigenvalue weighted by Crippen LogP contribution is -1.99. The third-order valence-electron chi connectivity index (χ3n) is 6.29. The van der Waals surface area contributed by atoms with Crippen molar-refractivity contribution in [3.8, 4) is 5.75 Å². The van der Waals surface area contributed by atoms with Crippen LogP contribution in [0.2, 0.25) is 0 Å². The first-order valence-corrected chi connectivity index (χ1v) is 13.1. The number of hydrogen-bond acceptors (Lipinski definition) is 3. The Kier molecular flexibility index (Phi) is 9.52. The molecular weight excluding hydrogens is 430 g/mol. The van der Waals surface area contributed by atoms with Gasteiger partial charge in [-0.1, -0.05) is 94.3 Å². The summed E-state index contributed by atoms with van der Waals surface area (Å²) in [6.45, 7) is 3.78. The van der Waals surface area contributed by atoms with Crippen molar-refractivity contribution in [2.45, 2.75) is 64.8 Å². The van der Waals surface area contributed by atoms with Crippen molar-refractivity contribution in [2.24, 2.45) is 4.99 Å². The molecule has 0 amide bonds. The maximum absolute atomic E-state index is 5.93. The van der Waals surface area contributed by atoms with E-state index in [1.807, 2.05) is 42.6 Å². The molecule has 0 saturated carbocycles. The van der Waals surface area contributed by atoms with Crippen molar-refractivity contribution >= 4 is 23.2 Å². The van der Waals surface area contributed by atoms with Gasteiger partial charge in [-0.3, -0.25) is 0 Å². The maximum atomic E-state index is 5.93. The molecule has 4 nitrogen and oxygen atoms in total. The number of hydrogen-bond donors (Lipinski definition) is 0. The van der Waals surface area contributed by atoms with Gasteiger partial charge in [-0.15, -0.1) is 0 Å². The summed E-state index contributed by atoms with van der Waals surface area (Å²) in [6, 6.07) is 26.8. The van der Waals surface area contributed by atoms with E-state index in [-0.39, 0.29) is 0 Å². The Labute approximate surface area is 209 Å². The standard InChI is InChI=1S/C31H37N3O/c1-2-3-4-5-6-7-8-14-23-35-28-21-19-26(20-22-28)24-32-31-33-29-17-12-13-18-30(29)34(31)25-27-15-10-9-11-16-27/h9-13,15-22,24H,2-8,14,23,25H2,1H3. The van der Waals surface area contributed by atoms with Gasteiger partial charge < -0.3 is 9.30 Å². The number of fused-ring (bicyclic) bond motifs is 1. The zero-order chi connectivity index (χ0) is 24.1. The number of imidazole rings is 1. The molecule has 0 aliphatic carbocycles. The van der Waals surface area contributed by atoms with Crippen molar-refractivity contribution in [3.05, 3.63) is 90.0 Å². The summed E-state index contributed by atoms with van der Waals surface area (Å²) in [5, 5.41) is 0. The molecule has 182 valence electrons. The Morgan fingerprint density at radius 2 is 1.46 bits per heavy atom. The van der Waals surface area contributed by atoms with Crippen LogP contribution in [0.5, 0.6) is 5.75 Å². The number of rotatable bonds is 14. The summed E-state index contributed by atoms with van der Waals surface area (Å²) < 4.78 is 8.10. The molecule has 0 aliphatic heterocycles. The molecule has 0 atom stereocenters. The van der Waals surface area contributed by atoms with Gasteiger partial charge in [0.1, 0.15) is 5.75 Å². The molecule has 0 fully saturated rings. The van der Waals surface area contributed by atoms with E-state index in [1.165, 1.54) is 50.5 Å². The number of para-hydroxylation sites is 2. The number of nitrogens with zero attached hydrogens (tertiary/aromatic N) is 3. The highest BCUT2D eigenvalue weighted by Crippen LogP contribution is 2.23. The monoisotopic (exact) mass is 467 g/mol. The number of ether oxygens (including phenoxy) is 1. The SMILES string of the molecule is CCCCCCCCCCOc1ccc(C=Nc2nc3ccccc3n2Cc2ccccc2)cc1. The first-order valence-electron chi connectivity index (χ1n) is 13.1. The lowest BCUT2D eigenvalue weighted by Gasteiger charge is -2.07. The summed E-state index contributed by atoms with van der Waals surface area (Å²) >= 11 is 0. The first-order chi connectivity index (χ1) is 17.3. The van der Waals surface area contributed by atoms with Crippen molar-refractivity contribution in [2.75, 3.05) is 6.61 Å². The largest absolute Gasteiger partial charge is 0.494 e. The van der Waals surface area contributed by atoms with Gasteiger partial charge in [-0.05, 0) is 53.9 Å². The van der Waals surface area contributed by atoms with E-state index in [0.717, 1.165) is 41.9 Å². The van der Waals surface area contributed by atoms with Gasteiger partial charge in [0.25, 0.3) is 0 Å². The van der Waals surface area contributed by atoms with Crippen molar-refractivity contribution in [1.29, 1.82) is 0 Å². The normalized spacial score (nSPS) is 11.5. The predicted molar refractivity (Wildman–Crippen MR) is 147 cm³/mol. The van der Waals surface area contributed by atoms with Crippen LogP contribution in [0, 0.1) is 0 Å². The van der Waals surface area contributed by atoms with Gasteiger partial charge in [0, 0.05) is 6.21 Å². The quantitative estimate of drug-likeness (QED) is 0.138. The smallest absolute Gasteiger partial charge is 0.230 e. The van der Waals surface area contributed by atoms with E-state index in [0.29, 0.717) is 5.95 Å². The third-order valence-corrected chi connectivity index (χ3v) is 6.29. The Hall–Kier alpha value is -3.40. The predicted octanol–water partition coefficient (Wildman–Crippen LogP) is 8.35. The second-order valence-electron chi connectivity index (χ2n) is 9.12. The van der Waals surface area contributed by atoms with Gasteiger partial charge in [-0.2, -0.15) is 0 Å². The summed E-state index contributed by atoms with van der Waals surface area (Å²) in [5.41, 5.74) is 4.31. The summed E-state index contributed by atoms with van der Waals surface area (Å²) in [6.07, 6.45) is 12.4. The van der Waals surface area contributed by atoms with Crippen LogP contribution in [0.15, 0.2) is 83.9 Å². The van der Waals surface area contributed by atoms with Crippen LogP contribution in [0.4, 0.5) is 5.95 Å². The second-order valence-corrected chi connectivity index (χ2v) is 9.12. The molecule has 0 unspecified atom stereocenters. The third kappa shape index (κ3) is 7.54. The minimum atomic E-state index is 0.713. The minimum Gasteiger partial charge on any atom is -0.494 e.